The Hall–Kier alpha value is -3.07. The number of benzene rings is 3. The van der Waals surface area contributed by atoms with Crippen molar-refractivity contribution in [3.8, 4) is 5.75 Å². The minimum absolute atomic E-state index is 0.0496. The van der Waals surface area contributed by atoms with Gasteiger partial charge in [0.2, 0.25) is 0 Å². The Labute approximate surface area is 159 Å². The van der Waals surface area contributed by atoms with Crippen molar-refractivity contribution in [3.05, 3.63) is 101 Å². The summed E-state index contributed by atoms with van der Waals surface area (Å²) in [6, 6.07) is 25.3. The summed E-state index contributed by atoms with van der Waals surface area (Å²) < 4.78 is 0. The van der Waals surface area contributed by atoms with Gasteiger partial charge in [0.1, 0.15) is 11.3 Å². The molecule has 2 N–H and O–H groups in total. The molecule has 0 spiro atoms. The van der Waals surface area contributed by atoms with Crippen molar-refractivity contribution < 1.29 is 15.0 Å². The third-order valence-electron chi connectivity index (χ3n) is 5.29. The number of carboxylic acids is 1. The standard InChI is InChI=1S/C24H24O3/c1-2-24(16-18-10-5-3-6-11-18,17-19-12-7-4-8-13-19)21-15-9-14-20(22(21)25)23(26)27/h3-15,25H,2,16-17H2,1H3,(H,26,27). The van der Waals surface area contributed by atoms with Gasteiger partial charge in [-0.3, -0.25) is 0 Å². The van der Waals surface area contributed by atoms with Crippen LogP contribution in [0.2, 0.25) is 0 Å². The number of aromatic hydroxyl groups is 1. The number of phenols is 1. The topological polar surface area (TPSA) is 57.5 Å². The molecule has 0 saturated carbocycles. The number of carbonyl (C=O) groups is 1. The zero-order chi connectivity index (χ0) is 19.3. The Morgan fingerprint density at radius 3 is 1.78 bits per heavy atom. The third kappa shape index (κ3) is 4.03. The predicted molar refractivity (Wildman–Crippen MR) is 107 cm³/mol. The maximum absolute atomic E-state index is 11.5. The normalized spacial score (nSPS) is 11.3. The van der Waals surface area contributed by atoms with E-state index in [2.05, 4.69) is 31.2 Å². The van der Waals surface area contributed by atoms with Crippen LogP contribution >= 0.6 is 0 Å². The van der Waals surface area contributed by atoms with E-state index in [1.807, 2.05) is 42.5 Å². The van der Waals surface area contributed by atoms with Gasteiger partial charge in [-0.15, -0.1) is 0 Å². The molecule has 0 saturated heterocycles. The second-order valence-corrected chi connectivity index (χ2v) is 6.97. The highest BCUT2D eigenvalue weighted by molar-refractivity contribution is 5.91. The van der Waals surface area contributed by atoms with Crippen LogP contribution in [0.1, 0.15) is 40.4 Å². The fraction of sp³-hybridized carbons (Fsp3) is 0.208. The smallest absolute Gasteiger partial charge is 0.339 e. The van der Waals surface area contributed by atoms with E-state index < -0.39 is 11.4 Å². The maximum Gasteiger partial charge on any atom is 0.339 e. The van der Waals surface area contributed by atoms with E-state index in [0.717, 1.165) is 30.4 Å². The molecule has 0 radical (unpaired) electrons. The van der Waals surface area contributed by atoms with E-state index in [4.69, 9.17) is 0 Å². The summed E-state index contributed by atoms with van der Waals surface area (Å²) in [7, 11) is 0. The number of hydrogen-bond acceptors (Lipinski definition) is 2. The lowest BCUT2D eigenvalue weighted by Gasteiger charge is -2.35. The molecule has 0 atom stereocenters. The Morgan fingerprint density at radius 2 is 1.33 bits per heavy atom. The van der Waals surface area contributed by atoms with Crippen LogP contribution in [-0.2, 0) is 18.3 Å². The summed E-state index contributed by atoms with van der Waals surface area (Å²) in [5, 5.41) is 20.2. The van der Waals surface area contributed by atoms with Crippen LogP contribution in [0.5, 0.6) is 5.75 Å². The molecule has 0 aromatic heterocycles. The van der Waals surface area contributed by atoms with Gasteiger partial charge in [-0.05, 0) is 36.5 Å². The lowest BCUT2D eigenvalue weighted by Crippen LogP contribution is -2.31. The molecule has 0 bridgehead atoms. The molecular weight excluding hydrogens is 336 g/mol. The number of aromatic carboxylic acids is 1. The summed E-state index contributed by atoms with van der Waals surface area (Å²) in [6.45, 7) is 2.10. The third-order valence-corrected chi connectivity index (χ3v) is 5.29. The molecule has 138 valence electrons. The summed E-state index contributed by atoms with van der Waals surface area (Å²) >= 11 is 0. The van der Waals surface area contributed by atoms with Gasteiger partial charge in [-0.25, -0.2) is 4.79 Å². The van der Waals surface area contributed by atoms with Gasteiger partial charge in [0, 0.05) is 11.0 Å². The van der Waals surface area contributed by atoms with Gasteiger partial charge in [0.25, 0.3) is 0 Å². The molecule has 27 heavy (non-hydrogen) atoms. The SMILES string of the molecule is CCC(Cc1ccccc1)(Cc1ccccc1)c1cccc(C(=O)O)c1O. The highest BCUT2D eigenvalue weighted by Crippen LogP contribution is 2.41. The first kappa shape index (κ1) is 18.7. The van der Waals surface area contributed by atoms with Crippen molar-refractivity contribution in [1.82, 2.24) is 0 Å². The van der Waals surface area contributed by atoms with Gasteiger partial charge in [0.05, 0.1) is 0 Å². The molecule has 0 heterocycles. The molecule has 3 nitrogen and oxygen atoms in total. The summed E-state index contributed by atoms with van der Waals surface area (Å²) in [5.41, 5.74) is 2.56. The first-order valence-electron chi connectivity index (χ1n) is 9.19. The van der Waals surface area contributed by atoms with Gasteiger partial charge >= 0.3 is 5.97 Å². The summed E-state index contributed by atoms with van der Waals surface area (Å²) in [4.78, 5) is 11.5. The van der Waals surface area contributed by atoms with Crippen LogP contribution in [0.15, 0.2) is 78.9 Å². The second kappa shape index (κ2) is 8.09. The average Bonchev–Trinajstić information content (AvgIpc) is 2.69. The molecule has 0 aliphatic heterocycles. The molecule has 0 unspecified atom stereocenters. The molecule has 0 aliphatic carbocycles. The van der Waals surface area contributed by atoms with Crippen molar-refractivity contribution in [2.24, 2.45) is 0 Å². The van der Waals surface area contributed by atoms with Gasteiger partial charge in [-0.1, -0.05) is 79.7 Å². The first-order valence-corrected chi connectivity index (χ1v) is 9.19. The van der Waals surface area contributed by atoms with Crippen LogP contribution in [0.4, 0.5) is 0 Å². The van der Waals surface area contributed by atoms with E-state index in [9.17, 15) is 15.0 Å². The average molecular weight is 360 g/mol. The largest absolute Gasteiger partial charge is 0.507 e. The molecule has 3 aromatic carbocycles. The minimum atomic E-state index is -1.11. The number of carboxylic acid groups (broad SMARTS) is 1. The Kier molecular flexibility index (Phi) is 5.60. The fourth-order valence-electron chi connectivity index (χ4n) is 3.81. The number of hydrogen-bond donors (Lipinski definition) is 2. The lowest BCUT2D eigenvalue weighted by molar-refractivity contribution is 0.0693. The zero-order valence-corrected chi connectivity index (χ0v) is 15.4. The Balaban J connectivity index is 2.14. The molecule has 3 heteroatoms. The van der Waals surface area contributed by atoms with Crippen molar-refractivity contribution in [1.29, 1.82) is 0 Å². The molecule has 3 aromatic rings. The number of rotatable bonds is 7. The monoisotopic (exact) mass is 360 g/mol. The molecular formula is C24H24O3. The quantitative estimate of drug-likeness (QED) is 0.607. The van der Waals surface area contributed by atoms with Crippen LogP contribution in [0, 0.1) is 0 Å². The van der Waals surface area contributed by atoms with E-state index in [-0.39, 0.29) is 11.3 Å². The van der Waals surface area contributed by atoms with E-state index in [0.29, 0.717) is 5.56 Å². The lowest BCUT2D eigenvalue weighted by atomic mass is 9.69. The van der Waals surface area contributed by atoms with Gasteiger partial charge in [0.15, 0.2) is 0 Å². The van der Waals surface area contributed by atoms with Crippen LogP contribution in [0.25, 0.3) is 0 Å². The van der Waals surface area contributed by atoms with E-state index in [1.165, 1.54) is 6.07 Å². The second-order valence-electron chi connectivity index (χ2n) is 6.97. The Morgan fingerprint density at radius 1 is 0.815 bits per heavy atom. The first-order chi connectivity index (χ1) is 13.1. The number of para-hydroxylation sites is 1. The van der Waals surface area contributed by atoms with Crippen molar-refractivity contribution in [3.63, 3.8) is 0 Å². The highest BCUT2D eigenvalue weighted by atomic mass is 16.4. The Bertz CT molecular complexity index is 860. The van der Waals surface area contributed by atoms with E-state index >= 15 is 0 Å². The van der Waals surface area contributed by atoms with E-state index in [1.54, 1.807) is 6.07 Å². The van der Waals surface area contributed by atoms with Crippen molar-refractivity contribution in [2.75, 3.05) is 0 Å². The summed E-state index contributed by atoms with van der Waals surface area (Å²) in [5.74, 6) is -1.24. The molecule has 3 rings (SSSR count). The van der Waals surface area contributed by atoms with Crippen LogP contribution in [-0.4, -0.2) is 16.2 Å². The van der Waals surface area contributed by atoms with Crippen molar-refractivity contribution >= 4 is 5.97 Å². The van der Waals surface area contributed by atoms with Gasteiger partial charge in [-0.2, -0.15) is 0 Å². The van der Waals surface area contributed by atoms with Crippen LogP contribution in [0.3, 0.4) is 0 Å². The van der Waals surface area contributed by atoms with Gasteiger partial charge < -0.3 is 10.2 Å². The minimum Gasteiger partial charge on any atom is -0.507 e. The maximum atomic E-state index is 11.5. The van der Waals surface area contributed by atoms with Crippen molar-refractivity contribution in [2.45, 2.75) is 31.6 Å². The predicted octanol–water partition coefficient (Wildman–Crippen LogP) is 5.22. The van der Waals surface area contributed by atoms with Crippen LogP contribution < -0.4 is 0 Å². The summed E-state index contributed by atoms with van der Waals surface area (Å²) in [6.07, 6.45) is 2.21. The molecule has 0 aliphatic rings. The fourth-order valence-corrected chi connectivity index (χ4v) is 3.81. The molecule has 0 amide bonds. The zero-order valence-electron chi connectivity index (χ0n) is 15.4. The molecule has 0 fully saturated rings. The highest BCUT2D eigenvalue weighted by Gasteiger charge is 2.34.